The van der Waals surface area contributed by atoms with Crippen LogP contribution >= 0.6 is 0 Å². The van der Waals surface area contributed by atoms with Gasteiger partial charge in [-0.1, -0.05) is 13.0 Å². The summed E-state index contributed by atoms with van der Waals surface area (Å²) in [6.45, 7) is 9.42. The number of aliphatic hydroxyl groups is 1. The highest BCUT2D eigenvalue weighted by molar-refractivity contribution is 5.72. The highest BCUT2D eigenvalue weighted by atomic mass is 19.1. The van der Waals surface area contributed by atoms with Crippen LogP contribution in [0.1, 0.15) is 24.0 Å². The average molecular weight is 570 g/mol. The van der Waals surface area contributed by atoms with Gasteiger partial charge in [-0.25, -0.2) is 19.4 Å². The lowest BCUT2D eigenvalue weighted by molar-refractivity contribution is -0.00446. The smallest absolute Gasteiger partial charge is 0.145 e. The lowest BCUT2D eigenvalue weighted by atomic mass is 10.0. The number of piperazine rings is 1. The van der Waals surface area contributed by atoms with E-state index in [2.05, 4.69) is 38.5 Å². The number of aliphatic hydroxyl groups excluding tert-OH is 1. The molecule has 11 heteroatoms. The topological polar surface area (TPSA) is 100 Å². The van der Waals surface area contributed by atoms with E-state index in [0.29, 0.717) is 23.5 Å². The number of nitriles is 1. The van der Waals surface area contributed by atoms with Crippen LogP contribution in [0.5, 0.6) is 0 Å². The molecule has 0 unspecified atom stereocenters. The quantitative estimate of drug-likeness (QED) is 0.442. The number of anilines is 2. The van der Waals surface area contributed by atoms with Crippen molar-refractivity contribution in [1.82, 2.24) is 29.2 Å². The number of rotatable bonds is 8. The number of β-amino-alcohol motifs (C(OH)–C–C–N with tert-alkyl or cyclic N) is 1. The molecule has 42 heavy (non-hydrogen) atoms. The van der Waals surface area contributed by atoms with Crippen LogP contribution in [0.25, 0.3) is 17.5 Å². The molecule has 2 fully saturated rings. The standard InChI is InChI=1S/C31H36FN9O/c1-3-26-31(37(2)28-6-4-5-27(36-28)25-8-7-23(32)17-22(25)18-33)41-21-30(34-10-9-29(41)35-26)40-15-13-38(14-16-40)11-12-39-19-24(42)20-39/h4-8,10,17,21,24,42H,3,9,11-16,19-20H2,1-2H3. The van der Waals surface area contributed by atoms with Crippen molar-refractivity contribution in [3.05, 3.63) is 65.1 Å². The molecule has 218 valence electrons. The lowest BCUT2D eigenvalue weighted by Gasteiger charge is -2.40. The molecule has 0 atom stereocenters. The van der Waals surface area contributed by atoms with Crippen LogP contribution in [0.4, 0.5) is 16.0 Å². The molecule has 10 nitrogen and oxygen atoms in total. The highest BCUT2D eigenvalue weighted by Crippen LogP contribution is 2.32. The van der Waals surface area contributed by atoms with Crippen molar-refractivity contribution >= 4 is 24.1 Å². The predicted octanol–water partition coefficient (Wildman–Crippen LogP) is 2.96. The van der Waals surface area contributed by atoms with E-state index in [0.717, 1.165) is 81.9 Å². The summed E-state index contributed by atoms with van der Waals surface area (Å²) in [5, 5.41) is 19.1. The van der Waals surface area contributed by atoms with Crippen molar-refractivity contribution in [1.29, 1.82) is 5.26 Å². The maximum Gasteiger partial charge on any atom is 0.145 e. The Bertz CT molecular complexity index is 1540. The van der Waals surface area contributed by atoms with Crippen molar-refractivity contribution in [2.24, 2.45) is 4.99 Å². The number of benzene rings is 1. The molecule has 0 amide bonds. The van der Waals surface area contributed by atoms with Gasteiger partial charge >= 0.3 is 0 Å². The summed E-state index contributed by atoms with van der Waals surface area (Å²) in [6.07, 6.45) is 5.25. The maximum absolute atomic E-state index is 13.8. The number of fused-ring (bicyclic) bond motifs is 1. The number of halogens is 1. The van der Waals surface area contributed by atoms with E-state index in [1.165, 1.54) is 12.1 Å². The maximum atomic E-state index is 13.8. The number of pyridine rings is 1. The first kappa shape index (κ1) is 28.0. The molecule has 0 aliphatic carbocycles. The van der Waals surface area contributed by atoms with Crippen LogP contribution in [0.2, 0.25) is 0 Å². The molecule has 6 rings (SSSR count). The van der Waals surface area contributed by atoms with Crippen molar-refractivity contribution in [2.45, 2.75) is 25.9 Å². The molecule has 2 saturated heterocycles. The highest BCUT2D eigenvalue weighted by Gasteiger charge is 2.27. The number of aryl methyl sites for hydroxylation is 1. The first-order valence-electron chi connectivity index (χ1n) is 14.6. The SMILES string of the molecule is CCc1nc2n(c1N(C)c1cccc(-c3ccc(F)cc3C#N)n1)C=C(N1CCN(CCN3CC(O)C3)CC1)N=CC2. The van der Waals surface area contributed by atoms with Gasteiger partial charge in [-0.2, -0.15) is 5.26 Å². The van der Waals surface area contributed by atoms with Gasteiger partial charge in [-0.15, -0.1) is 0 Å². The Labute approximate surface area is 245 Å². The zero-order valence-corrected chi connectivity index (χ0v) is 24.1. The van der Waals surface area contributed by atoms with Crippen LogP contribution in [-0.2, 0) is 12.8 Å². The molecule has 0 radical (unpaired) electrons. The van der Waals surface area contributed by atoms with Gasteiger partial charge in [0.1, 0.15) is 29.1 Å². The summed E-state index contributed by atoms with van der Waals surface area (Å²) in [6, 6.07) is 11.9. The molecule has 3 aliphatic rings. The predicted molar refractivity (Wildman–Crippen MR) is 161 cm³/mol. The lowest BCUT2D eigenvalue weighted by Crippen LogP contribution is -2.54. The van der Waals surface area contributed by atoms with Crippen molar-refractivity contribution in [3.63, 3.8) is 0 Å². The number of aromatic nitrogens is 3. The minimum absolute atomic E-state index is 0.155. The molecule has 1 N–H and O–H groups in total. The molecule has 3 aromatic rings. The fourth-order valence-electron chi connectivity index (χ4n) is 5.84. The molecule has 0 saturated carbocycles. The van der Waals surface area contributed by atoms with E-state index < -0.39 is 5.82 Å². The van der Waals surface area contributed by atoms with Crippen LogP contribution < -0.4 is 4.90 Å². The Morgan fingerprint density at radius 3 is 2.60 bits per heavy atom. The molecule has 3 aliphatic heterocycles. The number of nitrogens with zero attached hydrogens (tertiary/aromatic N) is 9. The van der Waals surface area contributed by atoms with Crippen molar-refractivity contribution in [2.75, 3.05) is 64.3 Å². The van der Waals surface area contributed by atoms with Crippen molar-refractivity contribution < 1.29 is 9.50 Å². The summed E-state index contributed by atoms with van der Waals surface area (Å²) in [5.74, 6) is 3.01. The van der Waals surface area contributed by atoms with Gasteiger partial charge in [0.25, 0.3) is 0 Å². The number of aliphatic imine (C=N–C) groups is 1. The number of hydrogen-bond acceptors (Lipinski definition) is 9. The molecular weight excluding hydrogens is 533 g/mol. The summed E-state index contributed by atoms with van der Waals surface area (Å²) < 4.78 is 15.9. The number of likely N-dealkylation sites (tertiary alicyclic amines) is 1. The van der Waals surface area contributed by atoms with Crippen LogP contribution in [0.15, 0.2) is 47.2 Å². The second kappa shape index (κ2) is 12.0. The summed E-state index contributed by atoms with van der Waals surface area (Å²) in [5.41, 5.74) is 2.41. The van der Waals surface area contributed by atoms with Gasteiger partial charge in [0.05, 0.1) is 35.3 Å². The number of hydrogen-bond donors (Lipinski definition) is 1. The molecule has 5 heterocycles. The second-order valence-electron chi connectivity index (χ2n) is 11.0. The van der Waals surface area contributed by atoms with E-state index in [4.69, 9.17) is 15.0 Å². The van der Waals surface area contributed by atoms with Gasteiger partial charge in [-0.05, 0) is 36.8 Å². The Morgan fingerprint density at radius 1 is 1.07 bits per heavy atom. The Balaban J connectivity index is 1.24. The average Bonchev–Trinajstić information content (AvgIpc) is 3.21. The van der Waals surface area contributed by atoms with Gasteiger partial charge in [0, 0.05) is 77.6 Å². The van der Waals surface area contributed by atoms with E-state index in [-0.39, 0.29) is 11.7 Å². The fraction of sp³-hybridized carbons (Fsp3) is 0.419. The minimum Gasteiger partial charge on any atom is -0.390 e. The second-order valence-corrected chi connectivity index (χ2v) is 11.0. The molecular formula is C31H36FN9O. The van der Waals surface area contributed by atoms with Crippen molar-refractivity contribution in [3.8, 4) is 17.3 Å². The Hall–Kier alpha value is -4.11. The fourth-order valence-corrected chi connectivity index (χ4v) is 5.84. The third-order valence-corrected chi connectivity index (χ3v) is 8.25. The zero-order valence-electron chi connectivity index (χ0n) is 24.1. The normalized spacial score (nSPS) is 17.8. The van der Waals surface area contributed by atoms with E-state index in [1.54, 1.807) is 6.07 Å². The molecule has 0 spiro atoms. The Kier molecular flexibility index (Phi) is 8.02. The van der Waals surface area contributed by atoms with Gasteiger partial charge in [-0.3, -0.25) is 14.4 Å². The third kappa shape index (κ3) is 5.66. The van der Waals surface area contributed by atoms with Crippen LogP contribution in [-0.4, -0.2) is 106 Å². The minimum atomic E-state index is -0.447. The molecule has 0 bridgehead atoms. The summed E-state index contributed by atoms with van der Waals surface area (Å²) in [7, 11) is 1.97. The first-order chi connectivity index (χ1) is 20.4. The van der Waals surface area contributed by atoms with E-state index >= 15 is 0 Å². The van der Waals surface area contributed by atoms with Crippen LogP contribution in [0.3, 0.4) is 0 Å². The van der Waals surface area contributed by atoms with Gasteiger partial charge in [0.15, 0.2) is 0 Å². The van der Waals surface area contributed by atoms with E-state index in [1.807, 2.05) is 36.4 Å². The molecule has 2 aromatic heterocycles. The first-order valence-corrected chi connectivity index (χ1v) is 14.6. The Morgan fingerprint density at radius 2 is 1.86 bits per heavy atom. The molecule has 1 aromatic carbocycles. The van der Waals surface area contributed by atoms with E-state index in [9.17, 15) is 14.8 Å². The number of imidazole rings is 1. The largest absolute Gasteiger partial charge is 0.390 e. The monoisotopic (exact) mass is 569 g/mol. The van der Waals surface area contributed by atoms with Crippen LogP contribution in [0, 0.1) is 17.1 Å². The third-order valence-electron chi connectivity index (χ3n) is 8.25. The summed E-state index contributed by atoms with van der Waals surface area (Å²) >= 11 is 0. The summed E-state index contributed by atoms with van der Waals surface area (Å²) in [4.78, 5) is 23.8. The van der Waals surface area contributed by atoms with Gasteiger partial charge in [0.2, 0.25) is 0 Å². The zero-order chi connectivity index (χ0) is 29.2. The van der Waals surface area contributed by atoms with Gasteiger partial charge < -0.3 is 14.9 Å².